The van der Waals surface area contributed by atoms with Crippen molar-refractivity contribution in [1.82, 2.24) is 10.6 Å². The second-order valence-electron chi connectivity index (χ2n) is 4.55. The Morgan fingerprint density at radius 2 is 1.71 bits per heavy atom. The van der Waals surface area contributed by atoms with Crippen LogP contribution in [0.15, 0.2) is 0 Å². The van der Waals surface area contributed by atoms with Crippen LogP contribution in [-0.2, 0) is 0 Å². The zero-order valence-corrected chi connectivity index (χ0v) is 10.4. The summed E-state index contributed by atoms with van der Waals surface area (Å²) >= 11 is 0. The molecule has 14 heavy (non-hydrogen) atoms. The number of hydrogen-bond donors (Lipinski definition) is 2. The minimum Gasteiger partial charge on any atom is -0.319 e. The van der Waals surface area contributed by atoms with Crippen LogP contribution in [0.25, 0.3) is 0 Å². The van der Waals surface area contributed by atoms with E-state index in [2.05, 4.69) is 31.4 Å². The van der Waals surface area contributed by atoms with Crippen LogP contribution in [0.4, 0.5) is 0 Å². The lowest BCUT2D eigenvalue weighted by molar-refractivity contribution is 0.427. The molecule has 0 aliphatic heterocycles. The molecule has 0 aromatic heterocycles. The standard InChI is InChI=1S/C12H28N2/c1-5-12(10-13-4)7-9-14-8-6-11(2)3/h11-14H,5-10H2,1-4H3. The normalized spacial score (nSPS) is 13.5. The Bertz CT molecular complexity index is 113. The van der Waals surface area contributed by atoms with Crippen molar-refractivity contribution in [2.75, 3.05) is 26.7 Å². The van der Waals surface area contributed by atoms with E-state index in [0.29, 0.717) is 0 Å². The molecule has 0 aromatic carbocycles. The lowest BCUT2D eigenvalue weighted by atomic mass is 10.0. The highest BCUT2D eigenvalue weighted by Gasteiger charge is 2.03. The largest absolute Gasteiger partial charge is 0.319 e. The van der Waals surface area contributed by atoms with Crippen LogP contribution in [0.2, 0.25) is 0 Å². The van der Waals surface area contributed by atoms with Crippen LogP contribution < -0.4 is 10.6 Å². The van der Waals surface area contributed by atoms with Gasteiger partial charge in [0, 0.05) is 0 Å². The summed E-state index contributed by atoms with van der Waals surface area (Å²) in [5.74, 6) is 1.66. The second kappa shape index (κ2) is 9.47. The van der Waals surface area contributed by atoms with E-state index in [0.717, 1.165) is 18.4 Å². The third-order valence-corrected chi connectivity index (χ3v) is 2.70. The van der Waals surface area contributed by atoms with E-state index in [9.17, 15) is 0 Å². The van der Waals surface area contributed by atoms with Crippen molar-refractivity contribution >= 4 is 0 Å². The van der Waals surface area contributed by atoms with Crippen LogP contribution >= 0.6 is 0 Å². The highest BCUT2D eigenvalue weighted by molar-refractivity contribution is 4.61. The summed E-state index contributed by atoms with van der Waals surface area (Å²) in [7, 11) is 2.04. The third kappa shape index (κ3) is 8.52. The maximum absolute atomic E-state index is 3.51. The molecule has 0 aromatic rings. The Balaban J connectivity index is 3.24. The van der Waals surface area contributed by atoms with Gasteiger partial charge in [0.05, 0.1) is 0 Å². The molecule has 2 nitrogen and oxygen atoms in total. The van der Waals surface area contributed by atoms with Crippen LogP contribution in [0, 0.1) is 11.8 Å². The summed E-state index contributed by atoms with van der Waals surface area (Å²) < 4.78 is 0. The SMILES string of the molecule is CCC(CCNCCC(C)C)CNC. The molecule has 1 unspecified atom stereocenters. The first-order valence-corrected chi connectivity index (χ1v) is 6.06. The predicted octanol–water partition coefficient (Wildman–Crippen LogP) is 2.26. The van der Waals surface area contributed by atoms with Crippen LogP contribution in [-0.4, -0.2) is 26.7 Å². The van der Waals surface area contributed by atoms with E-state index >= 15 is 0 Å². The topological polar surface area (TPSA) is 24.1 Å². The van der Waals surface area contributed by atoms with E-state index in [1.165, 1.54) is 32.4 Å². The molecule has 0 saturated heterocycles. The van der Waals surface area contributed by atoms with Crippen molar-refractivity contribution in [3.05, 3.63) is 0 Å². The summed E-state index contributed by atoms with van der Waals surface area (Å²) in [4.78, 5) is 0. The van der Waals surface area contributed by atoms with Crippen molar-refractivity contribution in [3.8, 4) is 0 Å². The Morgan fingerprint density at radius 3 is 2.21 bits per heavy atom. The molecule has 0 heterocycles. The molecule has 0 aliphatic carbocycles. The number of rotatable bonds is 9. The van der Waals surface area contributed by atoms with Crippen LogP contribution in [0.1, 0.15) is 40.0 Å². The Kier molecular flexibility index (Phi) is 9.42. The van der Waals surface area contributed by atoms with Gasteiger partial charge in [-0.05, 0) is 51.4 Å². The van der Waals surface area contributed by atoms with E-state index < -0.39 is 0 Å². The molecule has 0 amide bonds. The van der Waals surface area contributed by atoms with E-state index in [1.54, 1.807) is 0 Å². The van der Waals surface area contributed by atoms with Crippen molar-refractivity contribution in [3.63, 3.8) is 0 Å². The van der Waals surface area contributed by atoms with Crippen molar-refractivity contribution in [2.24, 2.45) is 11.8 Å². The van der Waals surface area contributed by atoms with Crippen molar-refractivity contribution in [2.45, 2.75) is 40.0 Å². The fourth-order valence-electron chi connectivity index (χ4n) is 1.56. The Labute approximate surface area is 89.9 Å². The van der Waals surface area contributed by atoms with Gasteiger partial charge in [0.1, 0.15) is 0 Å². The van der Waals surface area contributed by atoms with Crippen LogP contribution in [0.5, 0.6) is 0 Å². The monoisotopic (exact) mass is 200 g/mol. The number of nitrogens with one attached hydrogen (secondary N) is 2. The lowest BCUT2D eigenvalue weighted by Gasteiger charge is -2.14. The van der Waals surface area contributed by atoms with Crippen molar-refractivity contribution < 1.29 is 0 Å². The van der Waals surface area contributed by atoms with Gasteiger partial charge in [-0.2, -0.15) is 0 Å². The molecule has 0 rings (SSSR count). The first-order chi connectivity index (χ1) is 6.70. The highest BCUT2D eigenvalue weighted by Crippen LogP contribution is 2.05. The summed E-state index contributed by atoms with van der Waals surface area (Å²) in [6, 6.07) is 0. The van der Waals surface area contributed by atoms with Gasteiger partial charge in [-0.15, -0.1) is 0 Å². The molecule has 2 heteroatoms. The van der Waals surface area contributed by atoms with E-state index in [1.807, 2.05) is 7.05 Å². The van der Waals surface area contributed by atoms with Gasteiger partial charge >= 0.3 is 0 Å². The Hall–Kier alpha value is -0.0800. The minimum absolute atomic E-state index is 0.821. The maximum atomic E-state index is 3.51. The molecule has 0 fully saturated rings. The van der Waals surface area contributed by atoms with Gasteiger partial charge in [0.25, 0.3) is 0 Å². The molecule has 0 spiro atoms. The van der Waals surface area contributed by atoms with Crippen molar-refractivity contribution in [1.29, 1.82) is 0 Å². The van der Waals surface area contributed by atoms with E-state index in [4.69, 9.17) is 0 Å². The summed E-state index contributed by atoms with van der Waals surface area (Å²) in [5.41, 5.74) is 0. The molecule has 1 atom stereocenters. The molecule has 0 saturated carbocycles. The summed E-state index contributed by atoms with van der Waals surface area (Å²) in [6.07, 6.45) is 3.88. The van der Waals surface area contributed by atoms with Gasteiger partial charge in [-0.3, -0.25) is 0 Å². The van der Waals surface area contributed by atoms with Gasteiger partial charge in [-0.1, -0.05) is 27.2 Å². The van der Waals surface area contributed by atoms with E-state index in [-0.39, 0.29) is 0 Å². The molecule has 0 aliphatic rings. The van der Waals surface area contributed by atoms with Gasteiger partial charge < -0.3 is 10.6 Å². The third-order valence-electron chi connectivity index (χ3n) is 2.70. The first-order valence-electron chi connectivity index (χ1n) is 6.06. The average molecular weight is 200 g/mol. The molecular formula is C12H28N2. The first kappa shape index (κ1) is 13.9. The fraction of sp³-hybridized carbons (Fsp3) is 1.00. The zero-order valence-electron chi connectivity index (χ0n) is 10.4. The minimum atomic E-state index is 0.821. The quantitative estimate of drug-likeness (QED) is 0.558. The lowest BCUT2D eigenvalue weighted by Crippen LogP contribution is -2.24. The van der Waals surface area contributed by atoms with Crippen LogP contribution in [0.3, 0.4) is 0 Å². The molecular weight excluding hydrogens is 172 g/mol. The molecule has 0 radical (unpaired) electrons. The fourth-order valence-corrected chi connectivity index (χ4v) is 1.56. The zero-order chi connectivity index (χ0) is 10.8. The summed E-state index contributed by atoms with van der Waals surface area (Å²) in [6.45, 7) is 10.3. The predicted molar refractivity (Wildman–Crippen MR) is 64.6 cm³/mol. The van der Waals surface area contributed by atoms with Gasteiger partial charge in [-0.25, -0.2) is 0 Å². The summed E-state index contributed by atoms with van der Waals surface area (Å²) in [5, 5.41) is 6.76. The van der Waals surface area contributed by atoms with Gasteiger partial charge in [0.2, 0.25) is 0 Å². The smallest absolute Gasteiger partial charge is 0.00231 e. The second-order valence-corrected chi connectivity index (χ2v) is 4.55. The average Bonchev–Trinajstić information content (AvgIpc) is 2.15. The highest BCUT2D eigenvalue weighted by atomic mass is 14.9. The number of hydrogen-bond acceptors (Lipinski definition) is 2. The van der Waals surface area contributed by atoms with Gasteiger partial charge in [0.15, 0.2) is 0 Å². The molecule has 86 valence electrons. The molecule has 0 bridgehead atoms. The molecule has 2 N–H and O–H groups in total. The maximum Gasteiger partial charge on any atom is -0.00231 e. The Morgan fingerprint density at radius 1 is 1.07 bits per heavy atom.